The summed E-state index contributed by atoms with van der Waals surface area (Å²) < 4.78 is 20.0. The molecule has 0 saturated heterocycles. The first-order valence-electron chi connectivity index (χ1n) is 2.78. The molecule has 0 amide bonds. The van der Waals surface area contributed by atoms with Crippen molar-refractivity contribution < 1.29 is 18.9 Å². The summed E-state index contributed by atoms with van der Waals surface area (Å²) in [6.45, 7) is 1.61. The van der Waals surface area contributed by atoms with Crippen LogP contribution in [0.3, 0.4) is 0 Å². The molecule has 0 fully saturated rings. The van der Waals surface area contributed by atoms with Crippen molar-refractivity contribution in [1.82, 2.24) is 0 Å². The van der Waals surface area contributed by atoms with E-state index in [-0.39, 0.29) is 6.16 Å². The van der Waals surface area contributed by atoms with Crippen molar-refractivity contribution in [2.45, 2.75) is 12.7 Å². The number of methoxy groups -OCH3 is 2. The quantitative estimate of drug-likeness (QED) is 0.495. The Morgan fingerprint density at radius 1 is 1.50 bits per heavy atom. The summed E-state index contributed by atoms with van der Waals surface area (Å²) in [7, 11) is 0.666. The molecule has 0 aliphatic carbocycles. The van der Waals surface area contributed by atoms with Gasteiger partial charge in [0, 0.05) is 14.2 Å². The van der Waals surface area contributed by atoms with Gasteiger partial charge in [-0.3, -0.25) is 0 Å². The highest BCUT2D eigenvalue weighted by molar-refractivity contribution is 7.38. The second-order valence-corrected chi connectivity index (χ2v) is 3.07. The van der Waals surface area contributed by atoms with Crippen molar-refractivity contribution in [1.29, 1.82) is 0 Å². The summed E-state index contributed by atoms with van der Waals surface area (Å²) in [5.74, 6) is -0.928. The predicted molar refractivity (Wildman–Crippen MR) is 37.1 cm³/mol. The molecule has 0 aliphatic heterocycles. The summed E-state index contributed by atoms with van der Waals surface area (Å²) in [6, 6.07) is 0. The maximum atomic E-state index is 10.3. The van der Waals surface area contributed by atoms with Crippen molar-refractivity contribution in [3.63, 3.8) is 0 Å². The van der Waals surface area contributed by atoms with E-state index in [1.54, 1.807) is 6.92 Å². The number of hydrogen-bond donors (Lipinski definition) is 1. The van der Waals surface area contributed by atoms with E-state index in [0.29, 0.717) is 0 Å². The Bertz CT molecular complexity index is 121. The zero-order valence-corrected chi connectivity index (χ0v) is 7.22. The average molecular weight is 167 g/mol. The SMILES string of the molecule is COC(C)(C[P+](=O)O)OC. The van der Waals surface area contributed by atoms with Gasteiger partial charge in [-0.15, -0.1) is 0 Å². The molecule has 0 radical (unpaired) electrons. The molecule has 0 spiro atoms. The van der Waals surface area contributed by atoms with Crippen molar-refractivity contribution >= 4 is 8.03 Å². The first-order valence-corrected chi connectivity index (χ1v) is 4.17. The Morgan fingerprint density at radius 2 is 1.90 bits per heavy atom. The van der Waals surface area contributed by atoms with Gasteiger partial charge in [0.15, 0.2) is 0 Å². The van der Waals surface area contributed by atoms with Gasteiger partial charge in [-0.1, -0.05) is 0 Å². The summed E-state index contributed by atoms with van der Waals surface area (Å²) in [6.07, 6.45) is -0.00463. The second-order valence-electron chi connectivity index (χ2n) is 2.05. The van der Waals surface area contributed by atoms with Crippen LogP contribution in [0.4, 0.5) is 0 Å². The minimum absolute atomic E-state index is 0.00463. The highest BCUT2D eigenvalue weighted by atomic mass is 31.1. The Hall–Kier alpha value is -0.0200. The van der Waals surface area contributed by atoms with Crippen LogP contribution in [0.5, 0.6) is 0 Å². The molecule has 0 aromatic rings. The molecular weight excluding hydrogens is 155 g/mol. The van der Waals surface area contributed by atoms with Gasteiger partial charge in [0.2, 0.25) is 11.9 Å². The van der Waals surface area contributed by atoms with Gasteiger partial charge in [0.25, 0.3) is 0 Å². The van der Waals surface area contributed by atoms with Crippen LogP contribution in [0.1, 0.15) is 6.92 Å². The second kappa shape index (κ2) is 3.98. The fourth-order valence-corrected chi connectivity index (χ4v) is 1.21. The fraction of sp³-hybridized carbons (Fsp3) is 1.00. The summed E-state index contributed by atoms with van der Waals surface area (Å²) in [5.41, 5.74) is 0. The first kappa shape index (κ1) is 9.98. The predicted octanol–water partition coefficient (Wildman–Crippen LogP) is 0.730. The van der Waals surface area contributed by atoms with Gasteiger partial charge in [-0.25, -0.2) is 0 Å². The van der Waals surface area contributed by atoms with E-state index < -0.39 is 13.8 Å². The highest BCUT2D eigenvalue weighted by Gasteiger charge is 2.33. The van der Waals surface area contributed by atoms with Gasteiger partial charge in [-0.05, 0) is 11.5 Å². The van der Waals surface area contributed by atoms with Gasteiger partial charge >= 0.3 is 8.03 Å². The van der Waals surface area contributed by atoms with Crippen molar-refractivity contribution in [3.05, 3.63) is 0 Å². The van der Waals surface area contributed by atoms with Crippen LogP contribution in [0, 0.1) is 0 Å². The summed E-state index contributed by atoms with van der Waals surface area (Å²) in [5, 5.41) is 0. The van der Waals surface area contributed by atoms with Gasteiger partial charge in [0.05, 0.1) is 0 Å². The molecule has 1 unspecified atom stereocenters. The molecule has 60 valence electrons. The van der Waals surface area contributed by atoms with Crippen LogP contribution >= 0.6 is 8.03 Å². The maximum Gasteiger partial charge on any atom is 0.511 e. The van der Waals surface area contributed by atoms with Gasteiger partial charge in [0.1, 0.15) is 0 Å². The van der Waals surface area contributed by atoms with Gasteiger partial charge in [-0.2, -0.15) is 4.89 Å². The fourth-order valence-electron chi connectivity index (χ4n) is 0.458. The molecule has 0 heterocycles. The molecule has 0 aromatic heterocycles. The van der Waals surface area contributed by atoms with Crippen LogP contribution in [0.15, 0.2) is 0 Å². The van der Waals surface area contributed by atoms with E-state index in [0.717, 1.165) is 0 Å². The molecule has 1 N–H and O–H groups in total. The van der Waals surface area contributed by atoms with Gasteiger partial charge < -0.3 is 9.47 Å². The number of hydrogen-bond acceptors (Lipinski definition) is 3. The normalized spacial score (nSPS) is 13.4. The molecule has 0 aliphatic rings. The Kier molecular flexibility index (Phi) is 3.98. The lowest BCUT2D eigenvalue weighted by Crippen LogP contribution is -2.32. The average Bonchev–Trinajstić information content (AvgIpc) is 1.87. The Morgan fingerprint density at radius 3 is 2.00 bits per heavy atom. The maximum absolute atomic E-state index is 10.3. The van der Waals surface area contributed by atoms with Crippen LogP contribution in [0.25, 0.3) is 0 Å². The third-order valence-corrected chi connectivity index (χ3v) is 2.13. The highest BCUT2D eigenvalue weighted by Crippen LogP contribution is 2.23. The minimum atomic E-state index is -2.20. The van der Waals surface area contributed by atoms with E-state index in [9.17, 15) is 4.57 Å². The van der Waals surface area contributed by atoms with E-state index in [4.69, 9.17) is 14.4 Å². The molecule has 10 heavy (non-hydrogen) atoms. The van der Waals surface area contributed by atoms with Crippen LogP contribution in [-0.4, -0.2) is 31.1 Å². The van der Waals surface area contributed by atoms with E-state index in [2.05, 4.69) is 0 Å². The molecule has 0 aromatic carbocycles. The minimum Gasteiger partial charge on any atom is -0.350 e. The first-order chi connectivity index (χ1) is 4.54. The van der Waals surface area contributed by atoms with Crippen LogP contribution in [0.2, 0.25) is 0 Å². The third kappa shape index (κ3) is 3.22. The van der Waals surface area contributed by atoms with E-state index >= 15 is 0 Å². The monoisotopic (exact) mass is 167 g/mol. The number of ether oxygens (including phenoxy) is 2. The zero-order valence-electron chi connectivity index (χ0n) is 6.33. The Labute approximate surface area is 61.0 Å². The Balaban J connectivity index is 3.92. The van der Waals surface area contributed by atoms with Crippen molar-refractivity contribution in [2.75, 3.05) is 20.4 Å². The smallest absolute Gasteiger partial charge is 0.350 e. The molecule has 0 rings (SSSR count). The molecule has 4 nitrogen and oxygen atoms in total. The van der Waals surface area contributed by atoms with Crippen LogP contribution < -0.4 is 0 Å². The lowest BCUT2D eigenvalue weighted by molar-refractivity contribution is -0.176. The van der Waals surface area contributed by atoms with E-state index in [1.165, 1.54) is 14.2 Å². The summed E-state index contributed by atoms with van der Waals surface area (Å²) in [4.78, 5) is 8.50. The topological polar surface area (TPSA) is 55.8 Å². The zero-order chi connectivity index (χ0) is 8.20. The lowest BCUT2D eigenvalue weighted by atomic mass is 10.4. The summed E-state index contributed by atoms with van der Waals surface area (Å²) >= 11 is 0. The third-order valence-electron chi connectivity index (χ3n) is 1.29. The number of rotatable bonds is 4. The molecular formula is C5H12O4P+. The van der Waals surface area contributed by atoms with Crippen molar-refractivity contribution in [2.24, 2.45) is 0 Å². The molecule has 0 saturated carbocycles. The largest absolute Gasteiger partial charge is 0.511 e. The van der Waals surface area contributed by atoms with Crippen molar-refractivity contribution in [3.8, 4) is 0 Å². The molecule has 1 atom stereocenters. The molecule has 5 heteroatoms. The van der Waals surface area contributed by atoms with E-state index in [1.807, 2.05) is 0 Å². The van der Waals surface area contributed by atoms with Crippen LogP contribution in [-0.2, 0) is 14.0 Å². The standard InChI is InChI=1S/C5H11O4P/c1-5(8-2,9-3)4-10(6)7/h4H2,1-3H3/p+1. The molecule has 0 bridgehead atoms. The lowest BCUT2D eigenvalue weighted by Gasteiger charge is -2.19.